The molecule has 1 amide bonds. The lowest BCUT2D eigenvalue weighted by Gasteiger charge is -2.15. The predicted octanol–water partition coefficient (Wildman–Crippen LogP) is 6.38. The Labute approximate surface area is 203 Å². The number of pyridine rings is 1. The van der Waals surface area contributed by atoms with Crippen LogP contribution in [-0.4, -0.2) is 27.9 Å². The molecule has 5 aromatic rings. The van der Waals surface area contributed by atoms with Gasteiger partial charge >= 0.3 is 0 Å². The van der Waals surface area contributed by atoms with Gasteiger partial charge in [0.25, 0.3) is 5.91 Å². The summed E-state index contributed by atoms with van der Waals surface area (Å²) in [5.41, 5.74) is 3.24. The van der Waals surface area contributed by atoms with E-state index < -0.39 is 5.82 Å². The van der Waals surface area contributed by atoms with E-state index in [0.717, 1.165) is 21.0 Å². The molecule has 3 aromatic heterocycles. The fourth-order valence-corrected chi connectivity index (χ4v) is 4.89. The number of aromatic nitrogens is 3. The van der Waals surface area contributed by atoms with E-state index in [1.54, 1.807) is 24.7 Å². The molecule has 170 valence electrons. The first-order chi connectivity index (χ1) is 16.5. The van der Waals surface area contributed by atoms with E-state index in [-0.39, 0.29) is 10.9 Å². The maximum atomic E-state index is 13.5. The number of anilines is 4. The number of nitrogens with zero attached hydrogens (tertiary/aromatic N) is 3. The first-order valence-electron chi connectivity index (χ1n) is 10.3. The SMILES string of the molecule is CNc1ncnc2c(C(=O)Nc3c(C)ccc4c(Nc5ccc(F)c(Cl)c5)nccc34)csc12. The zero-order valence-corrected chi connectivity index (χ0v) is 19.7. The van der Waals surface area contributed by atoms with Crippen LogP contribution in [0.15, 0.2) is 54.3 Å². The lowest BCUT2D eigenvalue weighted by Crippen LogP contribution is -2.13. The third-order valence-corrected chi connectivity index (χ3v) is 6.68. The van der Waals surface area contributed by atoms with Gasteiger partial charge in [-0.05, 0) is 36.8 Å². The van der Waals surface area contributed by atoms with Crippen molar-refractivity contribution >= 4 is 72.8 Å². The number of carbonyl (C=O) groups is 1. The molecule has 7 nitrogen and oxygen atoms in total. The van der Waals surface area contributed by atoms with Crippen LogP contribution in [0.3, 0.4) is 0 Å². The van der Waals surface area contributed by atoms with E-state index in [0.29, 0.717) is 34.1 Å². The normalized spacial score (nSPS) is 11.1. The molecule has 0 spiro atoms. The Balaban J connectivity index is 1.53. The van der Waals surface area contributed by atoms with Gasteiger partial charge < -0.3 is 16.0 Å². The molecule has 0 unspecified atom stereocenters. The highest BCUT2D eigenvalue weighted by Gasteiger charge is 2.18. The number of benzene rings is 2. The average Bonchev–Trinajstić information content (AvgIpc) is 3.28. The van der Waals surface area contributed by atoms with Crippen LogP contribution in [0.25, 0.3) is 21.0 Å². The number of fused-ring (bicyclic) bond motifs is 2. The van der Waals surface area contributed by atoms with Crippen LogP contribution in [0.5, 0.6) is 0 Å². The van der Waals surface area contributed by atoms with Crippen molar-refractivity contribution in [2.45, 2.75) is 6.92 Å². The lowest BCUT2D eigenvalue weighted by molar-refractivity contribution is 0.102. The number of amides is 1. The van der Waals surface area contributed by atoms with Gasteiger partial charge in [0.05, 0.1) is 26.5 Å². The van der Waals surface area contributed by atoms with Gasteiger partial charge in [-0.2, -0.15) is 0 Å². The smallest absolute Gasteiger partial charge is 0.258 e. The van der Waals surface area contributed by atoms with E-state index in [9.17, 15) is 9.18 Å². The second kappa shape index (κ2) is 8.85. The molecule has 0 bridgehead atoms. The van der Waals surface area contributed by atoms with Crippen molar-refractivity contribution in [3.8, 4) is 0 Å². The molecular weight excluding hydrogens is 475 g/mol. The standard InChI is InChI=1S/C24H18ClFN6OS/c1-12-3-5-15-14(7-8-28-22(15)31-13-4-6-18(26)17(25)9-13)19(12)32-24(33)16-10-34-21-20(16)29-11-30-23(21)27-2/h3-11H,1-2H3,(H,28,31)(H,32,33)(H,27,29,30). The van der Waals surface area contributed by atoms with Gasteiger partial charge in [-0.1, -0.05) is 23.7 Å². The number of rotatable bonds is 5. The van der Waals surface area contributed by atoms with Crippen molar-refractivity contribution in [2.75, 3.05) is 23.0 Å². The maximum absolute atomic E-state index is 13.5. The highest BCUT2D eigenvalue weighted by atomic mass is 35.5. The van der Waals surface area contributed by atoms with Crippen LogP contribution in [0.2, 0.25) is 5.02 Å². The summed E-state index contributed by atoms with van der Waals surface area (Å²) >= 11 is 7.33. The van der Waals surface area contributed by atoms with E-state index >= 15 is 0 Å². The van der Waals surface area contributed by atoms with Gasteiger partial charge in [-0.15, -0.1) is 11.3 Å². The Hall–Kier alpha value is -3.82. The quantitative estimate of drug-likeness (QED) is 0.264. The molecule has 5 rings (SSSR count). The third kappa shape index (κ3) is 3.89. The largest absolute Gasteiger partial charge is 0.372 e. The molecule has 0 aliphatic rings. The molecule has 0 saturated heterocycles. The molecule has 0 fully saturated rings. The molecule has 0 atom stereocenters. The van der Waals surface area contributed by atoms with Crippen molar-refractivity contribution in [3.63, 3.8) is 0 Å². The number of hydrogen-bond acceptors (Lipinski definition) is 7. The Morgan fingerprint density at radius 3 is 2.71 bits per heavy atom. The van der Waals surface area contributed by atoms with Gasteiger partial charge in [-0.25, -0.2) is 19.3 Å². The minimum absolute atomic E-state index is 0.0160. The fraction of sp³-hybridized carbons (Fsp3) is 0.0833. The lowest BCUT2D eigenvalue weighted by atomic mass is 10.0. The highest BCUT2D eigenvalue weighted by Crippen LogP contribution is 2.34. The summed E-state index contributed by atoms with van der Waals surface area (Å²) in [5, 5.41) is 12.7. The minimum Gasteiger partial charge on any atom is -0.372 e. The second-order valence-corrected chi connectivity index (χ2v) is 8.81. The van der Waals surface area contributed by atoms with Gasteiger partial charge in [-0.3, -0.25) is 4.79 Å². The molecule has 3 heterocycles. The highest BCUT2D eigenvalue weighted by molar-refractivity contribution is 7.18. The molecule has 34 heavy (non-hydrogen) atoms. The van der Waals surface area contributed by atoms with Gasteiger partial charge in [0, 0.05) is 35.1 Å². The number of carbonyl (C=O) groups excluding carboxylic acids is 1. The molecule has 0 aliphatic heterocycles. The van der Waals surface area contributed by atoms with Crippen LogP contribution in [0, 0.1) is 12.7 Å². The molecule has 0 radical (unpaired) electrons. The average molecular weight is 493 g/mol. The third-order valence-electron chi connectivity index (χ3n) is 5.41. The Bertz CT molecular complexity index is 1570. The zero-order valence-electron chi connectivity index (χ0n) is 18.1. The van der Waals surface area contributed by atoms with E-state index in [4.69, 9.17) is 11.6 Å². The fourth-order valence-electron chi connectivity index (χ4n) is 3.71. The van der Waals surface area contributed by atoms with Crippen molar-refractivity contribution in [1.82, 2.24) is 15.0 Å². The van der Waals surface area contributed by atoms with Gasteiger partial charge in [0.2, 0.25) is 0 Å². The van der Waals surface area contributed by atoms with Crippen LogP contribution < -0.4 is 16.0 Å². The molecule has 3 N–H and O–H groups in total. The number of hydrogen-bond donors (Lipinski definition) is 3. The summed E-state index contributed by atoms with van der Waals surface area (Å²) in [6.07, 6.45) is 3.09. The van der Waals surface area contributed by atoms with Crippen LogP contribution in [-0.2, 0) is 0 Å². The van der Waals surface area contributed by atoms with E-state index in [2.05, 4.69) is 30.9 Å². The first kappa shape index (κ1) is 22.0. The number of nitrogens with one attached hydrogen (secondary N) is 3. The molecule has 2 aromatic carbocycles. The van der Waals surface area contributed by atoms with Crippen LogP contribution >= 0.6 is 22.9 Å². The predicted molar refractivity (Wildman–Crippen MR) is 136 cm³/mol. The van der Waals surface area contributed by atoms with Gasteiger partial charge in [0.15, 0.2) is 0 Å². The summed E-state index contributed by atoms with van der Waals surface area (Å²) < 4.78 is 14.4. The topological polar surface area (TPSA) is 91.8 Å². The summed E-state index contributed by atoms with van der Waals surface area (Å²) in [7, 11) is 1.78. The van der Waals surface area contributed by atoms with Crippen molar-refractivity contribution in [1.29, 1.82) is 0 Å². The van der Waals surface area contributed by atoms with E-state index in [1.807, 2.05) is 25.1 Å². The number of halogens is 2. The second-order valence-electron chi connectivity index (χ2n) is 7.52. The Morgan fingerprint density at radius 2 is 1.91 bits per heavy atom. The monoisotopic (exact) mass is 492 g/mol. The van der Waals surface area contributed by atoms with Crippen molar-refractivity contribution in [3.05, 3.63) is 76.3 Å². The molecule has 0 aliphatic carbocycles. The summed E-state index contributed by atoms with van der Waals surface area (Å²) in [5.74, 6) is 0.479. The molecule has 10 heteroatoms. The Kier molecular flexibility index (Phi) is 5.72. The zero-order chi connectivity index (χ0) is 23.8. The molecular formula is C24H18ClFN6OS. The first-order valence-corrected chi connectivity index (χ1v) is 11.5. The van der Waals surface area contributed by atoms with Crippen LogP contribution in [0.4, 0.5) is 27.4 Å². The molecule has 0 saturated carbocycles. The van der Waals surface area contributed by atoms with Crippen LogP contribution in [0.1, 0.15) is 15.9 Å². The van der Waals surface area contributed by atoms with Crippen molar-refractivity contribution < 1.29 is 9.18 Å². The summed E-state index contributed by atoms with van der Waals surface area (Å²) in [6, 6.07) is 10.1. The summed E-state index contributed by atoms with van der Waals surface area (Å²) in [6.45, 7) is 1.93. The maximum Gasteiger partial charge on any atom is 0.258 e. The van der Waals surface area contributed by atoms with E-state index in [1.165, 1.54) is 29.8 Å². The minimum atomic E-state index is -0.494. The van der Waals surface area contributed by atoms with Gasteiger partial charge in [0.1, 0.15) is 23.8 Å². The number of aryl methyl sites for hydroxylation is 1. The van der Waals surface area contributed by atoms with Crippen molar-refractivity contribution in [2.24, 2.45) is 0 Å². The summed E-state index contributed by atoms with van der Waals surface area (Å²) in [4.78, 5) is 26.2. The number of thiophene rings is 1. The Morgan fingerprint density at radius 1 is 1.06 bits per heavy atom.